The zero-order valence-electron chi connectivity index (χ0n) is 14.3. The fourth-order valence-electron chi connectivity index (χ4n) is 2.44. The largest absolute Gasteiger partial charge is 0.484 e. The average molecular weight is 335 g/mol. The first-order valence-electron chi connectivity index (χ1n) is 8.24. The highest BCUT2D eigenvalue weighted by molar-refractivity contribution is 5.92. The summed E-state index contributed by atoms with van der Waals surface area (Å²) in [4.78, 5) is 12.0. The Labute approximate surface area is 147 Å². The number of anilines is 1. The van der Waals surface area contributed by atoms with E-state index in [4.69, 9.17) is 4.74 Å². The lowest BCUT2D eigenvalue weighted by Crippen LogP contribution is -2.20. The van der Waals surface area contributed by atoms with Crippen LogP contribution in [0.25, 0.3) is 11.3 Å². The van der Waals surface area contributed by atoms with E-state index >= 15 is 0 Å². The fourth-order valence-corrected chi connectivity index (χ4v) is 2.44. The van der Waals surface area contributed by atoms with Gasteiger partial charge in [0.05, 0.1) is 5.69 Å². The average Bonchev–Trinajstić information content (AvgIpc) is 3.15. The van der Waals surface area contributed by atoms with E-state index in [0.29, 0.717) is 11.7 Å². The van der Waals surface area contributed by atoms with Gasteiger partial charge in [-0.3, -0.25) is 9.89 Å². The molecule has 25 heavy (non-hydrogen) atoms. The second kappa shape index (κ2) is 7.66. The molecule has 3 aromatic rings. The fraction of sp³-hybridized carbons (Fsp3) is 0.200. The van der Waals surface area contributed by atoms with Gasteiger partial charge in [0.15, 0.2) is 6.61 Å². The summed E-state index contributed by atoms with van der Waals surface area (Å²) in [6, 6.07) is 17.3. The Kier molecular flexibility index (Phi) is 5.14. The Bertz CT molecular complexity index is 807. The number of rotatable bonds is 6. The Hall–Kier alpha value is -3.08. The van der Waals surface area contributed by atoms with Crippen LogP contribution in [0.4, 0.5) is 5.69 Å². The standard InChI is InChI=1S/C20H21N3O2/c1-14(2)15-5-9-18(10-6-15)25-13-20(24)22-17-7-3-16(4-8-17)19-11-12-21-23-19/h3-12,14H,13H2,1-2H3,(H,21,23)(H,22,24). The molecule has 1 amide bonds. The molecule has 0 radical (unpaired) electrons. The van der Waals surface area contributed by atoms with Gasteiger partial charge in [0.1, 0.15) is 5.75 Å². The predicted octanol–water partition coefficient (Wildman–Crippen LogP) is 4.22. The summed E-state index contributed by atoms with van der Waals surface area (Å²) < 4.78 is 5.53. The lowest BCUT2D eigenvalue weighted by Gasteiger charge is -2.09. The van der Waals surface area contributed by atoms with Gasteiger partial charge in [-0.05, 0) is 47.4 Å². The summed E-state index contributed by atoms with van der Waals surface area (Å²) in [6.07, 6.45) is 1.70. The van der Waals surface area contributed by atoms with Gasteiger partial charge in [-0.1, -0.05) is 38.1 Å². The first-order valence-corrected chi connectivity index (χ1v) is 8.24. The van der Waals surface area contributed by atoms with Crippen LogP contribution in [0.2, 0.25) is 0 Å². The van der Waals surface area contributed by atoms with Crippen LogP contribution < -0.4 is 10.1 Å². The molecule has 0 atom stereocenters. The number of carbonyl (C=O) groups excluding carboxylic acids is 1. The summed E-state index contributed by atoms with van der Waals surface area (Å²) in [5, 5.41) is 9.66. The van der Waals surface area contributed by atoms with Crippen LogP contribution in [0.15, 0.2) is 60.8 Å². The first-order chi connectivity index (χ1) is 12.1. The number of H-pyrrole nitrogens is 1. The minimum Gasteiger partial charge on any atom is -0.484 e. The number of aromatic nitrogens is 2. The van der Waals surface area contributed by atoms with Crippen molar-refractivity contribution in [3.05, 3.63) is 66.4 Å². The van der Waals surface area contributed by atoms with Gasteiger partial charge in [-0.25, -0.2) is 0 Å². The number of benzene rings is 2. The molecule has 0 aliphatic heterocycles. The Morgan fingerprint density at radius 1 is 1.08 bits per heavy atom. The van der Waals surface area contributed by atoms with Crippen LogP contribution in [0.3, 0.4) is 0 Å². The van der Waals surface area contributed by atoms with Crippen LogP contribution in [0, 0.1) is 0 Å². The summed E-state index contributed by atoms with van der Waals surface area (Å²) in [5.41, 5.74) is 3.92. The predicted molar refractivity (Wildman–Crippen MR) is 98.7 cm³/mol. The van der Waals surface area contributed by atoms with E-state index in [-0.39, 0.29) is 12.5 Å². The number of hydrogen-bond donors (Lipinski definition) is 2. The number of nitrogens with zero attached hydrogens (tertiary/aromatic N) is 1. The zero-order chi connectivity index (χ0) is 17.6. The summed E-state index contributed by atoms with van der Waals surface area (Å²) in [6.45, 7) is 4.26. The van der Waals surface area contributed by atoms with Crippen molar-refractivity contribution in [1.82, 2.24) is 10.2 Å². The van der Waals surface area contributed by atoms with Gasteiger partial charge < -0.3 is 10.1 Å². The highest BCUT2D eigenvalue weighted by Gasteiger charge is 2.06. The van der Waals surface area contributed by atoms with Crippen molar-refractivity contribution < 1.29 is 9.53 Å². The molecule has 1 heterocycles. The Balaban J connectivity index is 1.52. The second-order valence-corrected chi connectivity index (χ2v) is 6.11. The van der Waals surface area contributed by atoms with E-state index in [1.807, 2.05) is 54.6 Å². The van der Waals surface area contributed by atoms with E-state index < -0.39 is 0 Å². The van der Waals surface area contributed by atoms with Gasteiger partial charge in [0.2, 0.25) is 0 Å². The number of ether oxygens (including phenoxy) is 1. The molecule has 0 spiro atoms. The lowest BCUT2D eigenvalue weighted by molar-refractivity contribution is -0.118. The van der Waals surface area contributed by atoms with Crippen molar-refractivity contribution in [2.45, 2.75) is 19.8 Å². The van der Waals surface area contributed by atoms with E-state index in [2.05, 4.69) is 29.4 Å². The molecule has 0 saturated carbocycles. The number of carbonyl (C=O) groups is 1. The summed E-state index contributed by atoms with van der Waals surface area (Å²) in [5.74, 6) is 0.971. The topological polar surface area (TPSA) is 67.0 Å². The molecule has 128 valence electrons. The number of nitrogens with one attached hydrogen (secondary N) is 2. The molecule has 0 unspecified atom stereocenters. The molecule has 0 fully saturated rings. The number of amides is 1. The quantitative estimate of drug-likeness (QED) is 0.709. The summed E-state index contributed by atoms with van der Waals surface area (Å²) >= 11 is 0. The maximum Gasteiger partial charge on any atom is 0.262 e. The van der Waals surface area contributed by atoms with Gasteiger partial charge in [0, 0.05) is 11.9 Å². The van der Waals surface area contributed by atoms with E-state index in [0.717, 1.165) is 16.9 Å². The van der Waals surface area contributed by atoms with Crippen LogP contribution >= 0.6 is 0 Å². The van der Waals surface area contributed by atoms with Gasteiger partial charge >= 0.3 is 0 Å². The van der Waals surface area contributed by atoms with E-state index in [1.165, 1.54) is 5.56 Å². The molecule has 3 rings (SSSR count). The van der Waals surface area contributed by atoms with Gasteiger partial charge in [-0.15, -0.1) is 0 Å². The van der Waals surface area contributed by atoms with Crippen molar-refractivity contribution >= 4 is 11.6 Å². The molecule has 0 aliphatic rings. The molecule has 0 bridgehead atoms. The monoisotopic (exact) mass is 335 g/mol. The van der Waals surface area contributed by atoms with E-state index in [1.54, 1.807) is 6.20 Å². The second-order valence-electron chi connectivity index (χ2n) is 6.11. The minimum atomic E-state index is -0.192. The molecular formula is C20H21N3O2. The number of hydrogen-bond acceptors (Lipinski definition) is 3. The molecule has 5 nitrogen and oxygen atoms in total. The smallest absolute Gasteiger partial charge is 0.262 e. The van der Waals surface area contributed by atoms with Crippen LogP contribution in [-0.2, 0) is 4.79 Å². The van der Waals surface area contributed by atoms with Crippen LogP contribution in [-0.4, -0.2) is 22.7 Å². The van der Waals surface area contributed by atoms with Crippen molar-refractivity contribution in [3.8, 4) is 17.0 Å². The third kappa shape index (κ3) is 4.47. The van der Waals surface area contributed by atoms with Crippen molar-refractivity contribution in [3.63, 3.8) is 0 Å². The van der Waals surface area contributed by atoms with Gasteiger partial charge in [0.25, 0.3) is 5.91 Å². The maximum absolute atomic E-state index is 12.0. The van der Waals surface area contributed by atoms with Gasteiger partial charge in [-0.2, -0.15) is 5.10 Å². The normalized spacial score (nSPS) is 10.7. The number of aromatic amines is 1. The van der Waals surface area contributed by atoms with Crippen LogP contribution in [0.5, 0.6) is 5.75 Å². The van der Waals surface area contributed by atoms with E-state index in [9.17, 15) is 4.79 Å². The van der Waals surface area contributed by atoms with Crippen molar-refractivity contribution in [2.75, 3.05) is 11.9 Å². The molecule has 2 N–H and O–H groups in total. The molecule has 0 aliphatic carbocycles. The molecule has 1 aromatic heterocycles. The van der Waals surface area contributed by atoms with Crippen molar-refractivity contribution in [1.29, 1.82) is 0 Å². The Morgan fingerprint density at radius 2 is 1.80 bits per heavy atom. The Morgan fingerprint density at radius 3 is 2.40 bits per heavy atom. The highest BCUT2D eigenvalue weighted by atomic mass is 16.5. The SMILES string of the molecule is CC(C)c1ccc(OCC(=O)Nc2ccc(-c3ccn[nH]3)cc2)cc1. The first kappa shape index (κ1) is 16.8. The zero-order valence-corrected chi connectivity index (χ0v) is 14.3. The molecular weight excluding hydrogens is 314 g/mol. The molecule has 0 saturated heterocycles. The lowest BCUT2D eigenvalue weighted by atomic mass is 10.0. The third-order valence-electron chi connectivity index (χ3n) is 3.90. The highest BCUT2D eigenvalue weighted by Crippen LogP contribution is 2.20. The van der Waals surface area contributed by atoms with Crippen LogP contribution in [0.1, 0.15) is 25.3 Å². The minimum absolute atomic E-state index is 0.0245. The van der Waals surface area contributed by atoms with Crippen molar-refractivity contribution in [2.24, 2.45) is 0 Å². The molecule has 5 heteroatoms. The third-order valence-corrected chi connectivity index (χ3v) is 3.90. The molecule has 2 aromatic carbocycles. The summed E-state index contributed by atoms with van der Waals surface area (Å²) in [7, 11) is 0. The maximum atomic E-state index is 12.0.